The van der Waals surface area contributed by atoms with Crippen LogP contribution >= 0.6 is 0 Å². The van der Waals surface area contributed by atoms with Crippen LogP contribution in [0.4, 0.5) is 4.39 Å². The van der Waals surface area contributed by atoms with Crippen LogP contribution in [0, 0.1) is 5.92 Å². The molecule has 0 radical (unpaired) electrons. The number of hydrogen-bond donors (Lipinski definition) is 0. The molecule has 0 bridgehead atoms. The molecule has 54 valence electrons. The highest BCUT2D eigenvalue weighted by Gasteiger charge is 2.06. The molecule has 0 heterocycles. The molecule has 0 saturated carbocycles. The number of rotatable bonds is 1. The number of carbonyl (C=O) groups excluding carboxylic acids is 1. The lowest BCUT2D eigenvalue weighted by Crippen LogP contribution is -1.96. The van der Waals surface area contributed by atoms with Crippen LogP contribution in [0.3, 0.4) is 0 Å². The van der Waals surface area contributed by atoms with Gasteiger partial charge >= 0.3 is 0 Å². The number of hydrogen-bond acceptors (Lipinski definition) is 1. The lowest BCUT2D eigenvalue weighted by atomic mass is 10.1. The predicted molar refractivity (Wildman–Crippen MR) is 37.1 cm³/mol. The molecule has 1 aliphatic carbocycles. The number of allylic oxidation sites excluding steroid dienone is 4. The van der Waals surface area contributed by atoms with Crippen molar-refractivity contribution in [2.24, 2.45) is 5.92 Å². The molecule has 0 aromatic heterocycles. The molecule has 0 fully saturated rings. The molecule has 0 spiro atoms. The van der Waals surface area contributed by atoms with Crippen molar-refractivity contribution in [3.05, 3.63) is 24.1 Å². The van der Waals surface area contributed by atoms with Gasteiger partial charge in [-0.25, -0.2) is 4.39 Å². The van der Waals surface area contributed by atoms with Crippen LogP contribution in [0.25, 0.3) is 0 Å². The molecule has 1 aliphatic rings. The Labute approximate surface area is 59.2 Å². The Kier molecular flexibility index (Phi) is 2.37. The van der Waals surface area contributed by atoms with E-state index in [9.17, 15) is 9.18 Å². The fourth-order valence-corrected chi connectivity index (χ4v) is 0.895. The first-order valence-electron chi connectivity index (χ1n) is 3.30. The van der Waals surface area contributed by atoms with Gasteiger partial charge in [-0.15, -0.1) is 0 Å². The first-order valence-corrected chi connectivity index (χ1v) is 3.30. The summed E-state index contributed by atoms with van der Waals surface area (Å²) in [5.41, 5.74) is 0. The van der Waals surface area contributed by atoms with Gasteiger partial charge < -0.3 is 4.79 Å². The summed E-state index contributed by atoms with van der Waals surface area (Å²) in [6.07, 6.45) is 6.61. The third kappa shape index (κ3) is 1.79. The summed E-state index contributed by atoms with van der Waals surface area (Å²) in [6.45, 7) is 0. The topological polar surface area (TPSA) is 17.1 Å². The highest BCUT2D eigenvalue weighted by Crippen LogP contribution is 2.15. The molecule has 2 heteroatoms. The summed E-state index contributed by atoms with van der Waals surface area (Å²) in [7, 11) is 0. The van der Waals surface area contributed by atoms with E-state index >= 15 is 0 Å². The number of aldehydes is 1. The summed E-state index contributed by atoms with van der Waals surface area (Å²) < 4.78 is 12.4. The third-order valence-electron chi connectivity index (χ3n) is 1.52. The van der Waals surface area contributed by atoms with Crippen LogP contribution in [0.2, 0.25) is 0 Å². The van der Waals surface area contributed by atoms with Gasteiger partial charge in [-0.2, -0.15) is 0 Å². The zero-order chi connectivity index (χ0) is 7.40. The molecular formula is C8H9FO. The van der Waals surface area contributed by atoms with Crippen molar-refractivity contribution in [3.63, 3.8) is 0 Å². The molecule has 0 aromatic carbocycles. The van der Waals surface area contributed by atoms with E-state index in [-0.39, 0.29) is 11.7 Å². The van der Waals surface area contributed by atoms with Crippen molar-refractivity contribution in [2.75, 3.05) is 0 Å². The van der Waals surface area contributed by atoms with Crippen molar-refractivity contribution in [1.82, 2.24) is 0 Å². The molecule has 0 aliphatic heterocycles. The van der Waals surface area contributed by atoms with Crippen molar-refractivity contribution >= 4 is 6.29 Å². The summed E-state index contributed by atoms with van der Waals surface area (Å²) in [6, 6.07) is 0. The fraction of sp³-hybridized carbons (Fsp3) is 0.375. The van der Waals surface area contributed by atoms with Gasteiger partial charge in [-0.1, -0.05) is 6.08 Å². The standard InChI is InChI=1S/C8H9FO/c9-8-3-1-2-7(6-10)4-5-8/h1,3,5-7H,2,4H2. The lowest BCUT2D eigenvalue weighted by molar-refractivity contribution is -0.110. The van der Waals surface area contributed by atoms with Crippen LogP contribution in [0.1, 0.15) is 12.8 Å². The Morgan fingerprint density at radius 1 is 1.60 bits per heavy atom. The maximum Gasteiger partial charge on any atom is 0.123 e. The van der Waals surface area contributed by atoms with Gasteiger partial charge in [-0.05, 0) is 25.0 Å². The minimum Gasteiger partial charge on any atom is -0.303 e. The van der Waals surface area contributed by atoms with Gasteiger partial charge in [0.15, 0.2) is 0 Å². The van der Waals surface area contributed by atoms with E-state index in [1.54, 1.807) is 6.08 Å². The minimum atomic E-state index is -0.232. The Morgan fingerprint density at radius 3 is 3.10 bits per heavy atom. The average Bonchev–Trinajstić information content (AvgIpc) is 2.14. The Hall–Kier alpha value is -0.920. The summed E-state index contributed by atoms with van der Waals surface area (Å²) in [5, 5.41) is 0. The first kappa shape index (κ1) is 7.19. The lowest BCUT2D eigenvalue weighted by Gasteiger charge is -1.98. The number of halogens is 1. The van der Waals surface area contributed by atoms with Crippen LogP contribution in [0.15, 0.2) is 24.1 Å². The van der Waals surface area contributed by atoms with Crippen molar-refractivity contribution < 1.29 is 9.18 Å². The van der Waals surface area contributed by atoms with Gasteiger partial charge in [0.1, 0.15) is 12.1 Å². The first-order chi connectivity index (χ1) is 4.83. The predicted octanol–water partition coefficient (Wildman–Crippen LogP) is 2.00. The Bertz CT molecular complexity index is 182. The summed E-state index contributed by atoms with van der Waals surface area (Å²) >= 11 is 0. The summed E-state index contributed by atoms with van der Waals surface area (Å²) in [4.78, 5) is 10.2. The molecule has 1 rings (SSSR count). The normalized spacial score (nSPS) is 25.3. The van der Waals surface area contributed by atoms with Crippen LogP contribution in [0.5, 0.6) is 0 Å². The Balaban J connectivity index is 2.60. The monoisotopic (exact) mass is 140 g/mol. The maximum absolute atomic E-state index is 12.4. The van der Waals surface area contributed by atoms with Gasteiger partial charge in [-0.3, -0.25) is 0 Å². The van der Waals surface area contributed by atoms with Crippen molar-refractivity contribution in [2.45, 2.75) is 12.8 Å². The quantitative estimate of drug-likeness (QED) is 0.509. The van der Waals surface area contributed by atoms with E-state index in [1.807, 2.05) is 0 Å². The fourth-order valence-electron chi connectivity index (χ4n) is 0.895. The molecule has 1 atom stereocenters. The van der Waals surface area contributed by atoms with E-state index < -0.39 is 0 Å². The minimum absolute atomic E-state index is 0.0236. The molecule has 0 saturated heterocycles. The molecule has 1 nitrogen and oxygen atoms in total. The molecule has 10 heavy (non-hydrogen) atoms. The van der Waals surface area contributed by atoms with Crippen molar-refractivity contribution in [1.29, 1.82) is 0 Å². The molecule has 0 aromatic rings. The van der Waals surface area contributed by atoms with Crippen molar-refractivity contribution in [3.8, 4) is 0 Å². The van der Waals surface area contributed by atoms with E-state index in [2.05, 4.69) is 0 Å². The second kappa shape index (κ2) is 3.30. The van der Waals surface area contributed by atoms with Crippen LogP contribution in [-0.2, 0) is 4.79 Å². The van der Waals surface area contributed by atoms with E-state index in [1.165, 1.54) is 12.2 Å². The smallest absolute Gasteiger partial charge is 0.123 e. The van der Waals surface area contributed by atoms with Crippen LogP contribution < -0.4 is 0 Å². The summed E-state index contributed by atoms with van der Waals surface area (Å²) in [5.74, 6) is -0.256. The van der Waals surface area contributed by atoms with Crippen LogP contribution in [-0.4, -0.2) is 6.29 Å². The van der Waals surface area contributed by atoms with Gasteiger partial charge in [0.05, 0.1) is 0 Å². The van der Waals surface area contributed by atoms with E-state index in [0.29, 0.717) is 12.8 Å². The van der Waals surface area contributed by atoms with E-state index in [4.69, 9.17) is 0 Å². The highest BCUT2D eigenvalue weighted by atomic mass is 19.1. The van der Waals surface area contributed by atoms with Gasteiger partial charge in [0.2, 0.25) is 0 Å². The zero-order valence-corrected chi connectivity index (χ0v) is 5.59. The molecule has 0 N–H and O–H groups in total. The second-order valence-electron chi connectivity index (χ2n) is 2.36. The third-order valence-corrected chi connectivity index (χ3v) is 1.52. The average molecular weight is 140 g/mol. The van der Waals surface area contributed by atoms with E-state index in [0.717, 1.165) is 6.29 Å². The zero-order valence-electron chi connectivity index (χ0n) is 5.59. The molecular weight excluding hydrogens is 131 g/mol. The van der Waals surface area contributed by atoms with Gasteiger partial charge in [0, 0.05) is 5.92 Å². The largest absolute Gasteiger partial charge is 0.303 e. The molecule has 1 unspecified atom stereocenters. The number of carbonyl (C=O) groups is 1. The SMILES string of the molecule is O=CC1CC=CC(F)=CC1. The highest BCUT2D eigenvalue weighted by molar-refractivity contribution is 5.54. The van der Waals surface area contributed by atoms with Gasteiger partial charge in [0.25, 0.3) is 0 Å². The molecule has 0 amide bonds. The Morgan fingerprint density at radius 2 is 2.40 bits per heavy atom. The maximum atomic E-state index is 12.4. The second-order valence-corrected chi connectivity index (χ2v) is 2.36.